The Labute approximate surface area is 127 Å². The Bertz CT molecular complexity index is 119. The van der Waals surface area contributed by atoms with Gasteiger partial charge >= 0.3 is 21.7 Å². The molecule has 0 aliphatic carbocycles. The van der Waals surface area contributed by atoms with Crippen molar-refractivity contribution in [2.24, 2.45) is 0 Å². The minimum atomic E-state index is 0. The molecule has 1 radical (unpaired) electrons. The second-order valence-corrected chi connectivity index (χ2v) is 3.78. The van der Waals surface area contributed by atoms with Crippen LogP contribution in [0.25, 0.3) is 5.32 Å². The van der Waals surface area contributed by atoms with Crippen molar-refractivity contribution in [1.29, 1.82) is 0 Å². The molecular weight excluding hydrogens is 281 g/mol. The molecule has 0 amide bonds. The van der Waals surface area contributed by atoms with Gasteiger partial charge < -0.3 is 40.3 Å². The predicted molar refractivity (Wildman–Crippen MR) is 57.3 cm³/mol. The number of halogens is 2. The van der Waals surface area contributed by atoms with Gasteiger partial charge in [0, 0.05) is 0 Å². The molecule has 0 aromatic rings. The third kappa shape index (κ3) is 13.2. The molecule has 1 heterocycles. The molecule has 0 unspecified atom stereocenters. The SMILES string of the molecule is CN1CCC[N-]CCCNCCC1.[Cl-].[Cl-].[Ti+3]. The van der Waals surface area contributed by atoms with Crippen molar-refractivity contribution in [1.82, 2.24) is 10.2 Å². The predicted octanol–water partition coefficient (Wildman–Crippen LogP) is -4.93. The first-order valence-electron chi connectivity index (χ1n) is 5.42. The molecular formula is C10H22Cl2N3Ti. The van der Waals surface area contributed by atoms with Gasteiger partial charge in [-0.15, -0.1) is 13.1 Å². The molecule has 0 aromatic carbocycles. The molecule has 6 heteroatoms. The summed E-state index contributed by atoms with van der Waals surface area (Å²) in [6, 6.07) is 0. The van der Waals surface area contributed by atoms with Gasteiger partial charge in [0.05, 0.1) is 0 Å². The maximum Gasteiger partial charge on any atom is 3.00 e. The fourth-order valence-corrected chi connectivity index (χ4v) is 1.59. The van der Waals surface area contributed by atoms with E-state index >= 15 is 0 Å². The van der Waals surface area contributed by atoms with Crippen LogP contribution in [0.2, 0.25) is 0 Å². The molecule has 95 valence electrons. The first-order valence-corrected chi connectivity index (χ1v) is 5.42. The van der Waals surface area contributed by atoms with Crippen molar-refractivity contribution in [3.8, 4) is 0 Å². The molecule has 1 aliphatic rings. The summed E-state index contributed by atoms with van der Waals surface area (Å²) in [4.78, 5) is 2.40. The molecule has 1 rings (SSSR count). The Balaban J connectivity index is -0.000000563. The van der Waals surface area contributed by atoms with Gasteiger partial charge in [0.1, 0.15) is 0 Å². The zero-order chi connectivity index (χ0) is 9.36. The van der Waals surface area contributed by atoms with Crippen molar-refractivity contribution < 1.29 is 46.5 Å². The van der Waals surface area contributed by atoms with Gasteiger partial charge in [-0.25, -0.2) is 0 Å². The number of nitrogens with zero attached hydrogens (tertiary/aromatic N) is 2. The van der Waals surface area contributed by atoms with E-state index in [2.05, 4.69) is 22.6 Å². The van der Waals surface area contributed by atoms with E-state index in [1.54, 1.807) is 0 Å². The molecule has 1 saturated heterocycles. The second kappa shape index (κ2) is 16.2. The minimum absolute atomic E-state index is 0. The third-order valence-corrected chi connectivity index (χ3v) is 2.42. The fourth-order valence-electron chi connectivity index (χ4n) is 1.59. The molecule has 0 atom stereocenters. The van der Waals surface area contributed by atoms with Crippen molar-refractivity contribution in [2.75, 3.05) is 46.3 Å². The summed E-state index contributed by atoms with van der Waals surface area (Å²) < 4.78 is 0. The third-order valence-electron chi connectivity index (χ3n) is 2.42. The largest absolute Gasteiger partial charge is 3.00 e. The van der Waals surface area contributed by atoms with Crippen molar-refractivity contribution in [3.63, 3.8) is 0 Å². The van der Waals surface area contributed by atoms with Gasteiger partial charge in [-0.3, -0.25) is 0 Å². The van der Waals surface area contributed by atoms with Crippen molar-refractivity contribution in [3.05, 3.63) is 5.32 Å². The maximum atomic E-state index is 4.47. The first-order chi connectivity index (χ1) is 6.39. The van der Waals surface area contributed by atoms with Crippen LogP contribution in [-0.2, 0) is 21.7 Å². The van der Waals surface area contributed by atoms with Gasteiger partial charge in [-0.05, 0) is 39.6 Å². The number of rotatable bonds is 0. The zero-order valence-electron chi connectivity index (χ0n) is 10.0. The quantitative estimate of drug-likeness (QED) is 0.455. The molecule has 0 spiro atoms. The van der Waals surface area contributed by atoms with Gasteiger partial charge in [0.25, 0.3) is 0 Å². The van der Waals surface area contributed by atoms with Crippen LogP contribution in [0.1, 0.15) is 19.3 Å². The van der Waals surface area contributed by atoms with Crippen LogP contribution in [0.5, 0.6) is 0 Å². The summed E-state index contributed by atoms with van der Waals surface area (Å²) >= 11 is 0. The van der Waals surface area contributed by atoms with Crippen LogP contribution >= 0.6 is 0 Å². The smallest absolute Gasteiger partial charge is 1.00 e. The standard InChI is InChI=1S/C10H22N3.2ClH.Ti/c1-13-9-3-7-11-5-2-6-12-8-4-10-13;;;/h11H,2-10H2,1H3;2*1H;/q-1;;;+3/p-2. The Kier molecular flexibility index (Phi) is 22.6. The Morgan fingerprint density at radius 2 is 1.50 bits per heavy atom. The second-order valence-electron chi connectivity index (χ2n) is 3.78. The van der Waals surface area contributed by atoms with Gasteiger partial charge in [-0.1, -0.05) is 12.8 Å². The average Bonchev–Trinajstić information content (AvgIpc) is 2.11. The van der Waals surface area contributed by atoms with Crippen molar-refractivity contribution in [2.45, 2.75) is 19.3 Å². The molecule has 0 saturated carbocycles. The summed E-state index contributed by atoms with van der Waals surface area (Å²) in [7, 11) is 2.20. The van der Waals surface area contributed by atoms with Gasteiger partial charge in [0.2, 0.25) is 0 Å². The average molecular weight is 303 g/mol. The van der Waals surface area contributed by atoms with E-state index in [1.807, 2.05) is 0 Å². The fraction of sp³-hybridized carbons (Fsp3) is 1.00. The van der Waals surface area contributed by atoms with Crippen molar-refractivity contribution >= 4 is 0 Å². The molecule has 0 bridgehead atoms. The first kappa shape index (κ1) is 22.4. The van der Waals surface area contributed by atoms with Crippen LogP contribution < -0.4 is 30.1 Å². The van der Waals surface area contributed by atoms with Crippen LogP contribution in [0.15, 0.2) is 0 Å². The van der Waals surface area contributed by atoms with Crippen LogP contribution in [-0.4, -0.2) is 51.2 Å². The van der Waals surface area contributed by atoms with Crippen LogP contribution in [0.3, 0.4) is 0 Å². The molecule has 16 heavy (non-hydrogen) atoms. The molecule has 3 nitrogen and oxygen atoms in total. The number of hydrogen-bond acceptors (Lipinski definition) is 2. The maximum absolute atomic E-state index is 4.47. The number of nitrogens with one attached hydrogen (secondary N) is 1. The van der Waals surface area contributed by atoms with E-state index < -0.39 is 0 Å². The van der Waals surface area contributed by atoms with E-state index in [4.69, 9.17) is 0 Å². The van der Waals surface area contributed by atoms with E-state index in [-0.39, 0.29) is 46.5 Å². The van der Waals surface area contributed by atoms with E-state index in [0.717, 1.165) is 26.2 Å². The minimum Gasteiger partial charge on any atom is -1.00 e. The summed E-state index contributed by atoms with van der Waals surface area (Å²) in [6.45, 7) is 6.79. The molecule has 1 N–H and O–H groups in total. The topological polar surface area (TPSA) is 29.4 Å². The van der Waals surface area contributed by atoms with Crippen LogP contribution in [0, 0.1) is 0 Å². The Hall–Kier alpha value is 1.17. The van der Waals surface area contributed by atoms with E-state index in [1.165, 1.54) is 32.4 Å². The van der Waals surface area contributed by atoms with E-state index in [9.17, 15) is 0 Å². The monoisotopic (exact) mass is 302 g/mol. The Morgan fingerprint density at radius 1 is 0.938 bits per heavy atom. The summed E-state index contributed by atoms with van der Waals surface area (Å²) in [5.41, 5.74) is 0. The summed E-state index contributed by atoms with van der Waals surface area (Å²) in [6.07, 6.45) is 3.70. The zero-order valence-corrected chi connectivity index (χ0v) is 13.1. The number of hydrogen-bond donors (Lipinski definition) is 1. The van der Waals surface area contributed by atoms with E-state index in [0.29, 0.717) is 0 Å². The molecule has 0 aromatic heterocycles. The van der Waals surface area contributed by atoms with Crippen LogP contribution in [0.4, 0.5) is 0 Å². The summed E-state index contributed by atoms with van der Waals surface area (Å²) in [5.74, 6) is 0. The molecule has 1 aliphatic heterocycles. The Morgan fingerprint density at radius 3 is 2.25 bits per heavy atom. The normalized spacial score (nSPS) is 20.1. The van der Waals surface area contributed by atoms with Gasteiger partial charge in [-0.2, -0.15) is 0 Å². The summed E-state index contributed by atoms with van der Waals surface area (Å²) in [5, 5.41) is 7.91. The van der Waals surface area contributed by atoms with Gasteiger partial charge in [0.15, 0.2) is 0 Å². The molecule has 1 fully saturated rings.